The van der Waals surface area contributed by atoms with Crippen LogP contribution in [0.3, 0.4) is 0 Å². The third-order valence-corrected chi connectivity index (χ3v) is 6.89. The molecule has 2 aromatic carbocycles. The highest BCUT2D eigenvalue weighted by Crippen LogP contribution is 2.30. The topological polar surface area (TPSA) is 6.48 Å². The molecule has 172 valence electrons. The van der Waals surface area contributed by atoms with Crippen molar-refractivity contribution in [3.8, 4) is 0 Å². The minimum absolute atomic E-state index is 0.547. The smallest absolute Gasteiger partial charge is 0.0347 e. The molecule has 2 atom stereocenters. The van der Waals surface area contributed by atoms with Gasteiger partial charge in [-0.2, -0.15) is 0 Å². The molecule has 2 heteroatoms. The molecule has 0 amide bonds. The van der Waals surface area contributed by atoms with Gasteiger partial charge >= 0.3 is 0 Å². The summed E-state index contributed by atoms with van der Waals surface area (Å²) >= 11 is 0. The Morgan fingerprint density at radius 1 is 0.516 bits per heavy atom. The Hall–Kier alpha value is -1.64. The molecule has 0 bridgehead atoms. The Morgan fingerprint density at radius 2 is 0.839 bits per heavy atom. The van der Waals surface area contributed by atoms with Crippen LogP contribution in [0.5, 0.6) is 0 Å². The Labute approximate surface area is 192 Å². The number of hydrogen-bond donors (Lipinski definition) is 0. The van der Waals surface area contributed by atoms with Gasteiger partial charge in [-0.1, -0.05) is 107 Å². The molecule has 2 aromatic rings. The molecule has 0 N–H and O–H groups in total. The average molecular weight is 423 g/mol. The summed E-state index contributed by atoms with van der Waals surface area (Å²) in [6.07, 6.45) is 6.42. The first kappa shape index (κ1) is 25.6. The maximum atomic E-state index is 2.62. The third-order valence-electron chi connectivity index (χ3n) is 6.89. The summed E-state index contributed by atoms with van der Waals surface area (Å²) in [7, 11) is 0. The Balaban J connectivity index is 1.95. The van der Waals surface area contributed by atoms with E-state index in [2.05, 4.69) is 99.9 Å². The van der Waals surface area contributed by atoms with Crippen LogP contribution in [0.2, 0.25) is 0 Å². The Kier molecular flexibility index (Phi) is 11.3. The second kappa shape index (κ2) is 13.7. The molecule has 0 fully saturated rings. The van der Waals surface area contributed by atoms with E-state index in [1.807, 2.05) is 0 Å². The molecule has 0 spiro atoms. The predicted molar refractivity (Wildman–Crippen MR) is 137 cm³/mol. The zero-order valence-electron chi connectivity index (χ0n) is 21.0. The maximum absolute atomic E-state index is 2.62. The number of aryl methyl sites for hydroxylation is 2. The van der Waals surface area contributed by atoms with Gasteiger partial charge in [-0.25, -0.2) is 0 Å². The summed E-state index contributed by atoms with van der Waals surface area (Å²) in [5.74, 6) is 0. The SMILES string of the molecule is CCN(CC)C(CCCCCC(c1ccc(C)cc1)N(CC)CC)c1ccc(C)cc1. The number of benzene rings is 2. The highest BCUT2D eigenvalue weighted by atomic mass is 15.1. The van der Waals surface area contributed by atoms with Gasteiger partial charge in [0.2, 0.25) is 0 Å². The Morgan fingerprint density at radius 3 is 1.13 bits per heavy atom. The van der Waals surface area contributed by atoms with Crippen LogP contribution in [0.15, 0.2) is 48.5 Å². The zero-order chi connectivity index (χ0) is 22.6. The van der Waals surface area contributed by atoms with Crippen LogP contribution < -0.4 is 0 Å². The van der Waals surface area contributed by atoms with Crippen molar-refractivity contribution < 1.29 is 0 Å². The molecule has 2 rings (SSSR count). The summed E-state index contributed by atoms with van der Waals surface area (Å²) in [5.41, 5.74) is 5.66. The maximum Gasteiger partial charge on any atom is 0.0347 e. The van der Waals surface area contributed by atoms with Crippen molar-refractivity contribution in [1.29, 1.82) is 0 Å². The van der Waals surface area contributed by atoms with Crippen LogP contribution in [-0.2, 0) is 0 Å². The minimum Gasteiger partial charge on any atom is -0.297 e. The van der Waals surface area contributed by atoms with Crippen LogP contribution in [0, 0.1) is 13.8 Å². The van der Waals surface area contributed by atoms with E-state index in [1.165, 1.54) is 54.4 Å². The van der Waals surface area contributed by atoms with Gasteiger partial charge in [0.1, 0.15) is 0 Å². The molecular weight excluding hydrogens is 376 g/mol. The summed E-state index contributed by atoms with van der Waals surface area (Å²) in [4.78, 5) is 5.24. The fourth-order valence-corrected chi connectivity index (χ4v) is 4.88. The normalized spacial score (nSPS) is 13.7. The van der Waals surface area contributed by atoms with Crippen molar-refractivity contribution in [1.82, 2.24) is 9.80 Å². The van der Waals surface area contributed by atoms with Crippen LogP contribution >= 0.6 is 0 Å². The molecule has 0 aromatic heterocycles. The monoisotopic (exact) mass is 422 g/mol. The summed E-state index contributed by atoms with van der Waals surface area (Å²) in [6, 6.07) is 19.5. The minimum atomic E-state index is 0.547. The lowest BCUT2D eigenvalue weighted by Gasteiger charge is -2.31. The van der Waals surface area contributed by atoms with E-state index < -0.39 is 0 Å². The van der Waals surface area contributed by atoms with Gasteiger partial charge in [-0.3, -0.25) is 9.80 Å². The zero-order valence-corrected chi connectivity index (χ0v) is 21.0. The van der Waals surface area contributed by atoms with Gasteiger partial charge in [-0.15, -0.1) is 0 Å². The molecule has 2 nitrogen and oxygen atoms in total. The highest BCUT2D eigenvalue weighted by Gasteiger charge is 2.19. The lowest BCUT2D eigenvalue weighted by molar-refractivity contribution is 0.195. The third kappa shape index (κ3) is 7.77. The molecule has 0 aliphatic heterocycles. The number of rotatable bonds is 14. The van der Waals surface area contributed by atoms with E-state index in [1.54, 1.807) is 0 Å². The molecule has 0 saturated carbocycles. The predicted octanol–water partition coefficient (Wildman–Crippen LogP) is 7.72. The van der Waals surface area contributed by atoms with Gasteiger partial charge in [-0.05, 0) is 64.0 Å². The van der Waals surface area contributed by atoms with Crippen LogP contribution in [0.1, 0.15) is 94.1 Å². The largest absolute Gasteiger partial charge is 0.297 e. The molecule has 2 unspecified atom stereocenters. The van der Waals surface area contributed by atoms with Crippen LogP contribution in [-0.4, -0.2) is 36.0 Å². The second-order valence-electron chi connectivity index (χ2n) is 8.93. The average Bonchev–Trinajstić information content (AvgIpc) is 2.79. The molecule has 0 radical (unpaired) electrons. The molecular formula is C29H46N2. The molecule has 0 aliphatic carbocycles. The molecule has 31 heavy (non-hydrogen) atoms. The van der Waals surface area contributed by atoms with E-state index in [0.29, 0.717) is 12.1 Å². The standard InChI is InChI=1S/C29H46N2/c1-7-30(8-2)28(26-20-16-24(5)17-21-26)14-12-11-13-15-29(31(9-3)10-4)27-22-18-25(6)19-23-27/h16-23,28-29H,7-15H2,1-6H3. The fraction of sp³-hybridized carbons (Fsp3) is 0.586. The van der Waals surface area contributed by atoms with E-state index >= 15 is 0 Å². The first-order chi connectivity index (χ1) is 15.0. The molecule has 0 saturated heterocycles. The number of nitrogens with zero attached hydrogens (tertiary/aromatic N) is 2. The first-order valence-electron chi connectivity index (χ1n) is 12.6. The summed E-state index contributed by atoms with van der Waals surface area (Å²) in [5, 5.41) is 0. The van der Waals surface area contributed by atoms with E-state index in [0.717, 1.165) is 26.2 Å². The quantitative estimate of drug-likeness (QED) is 0.287. The van der Waals surface area contributed by atoms with Crippen molar-refractivity contribution >= 4 is 0 Å². The lowest BCUT2D eigenvalue weighted by Crippen LogP contribution is -2.29. The van der Waals surface area contributed by atoms with Gasteiger partial charge in [0.15, 0.2) is 0 Å². The van der Waals surface area contributed by atoms with Crippen LogP contribution in [0.4, 0.5) is 0 Å². The lowest BCUT2D eigenvalue weighted by atomic mass is 9.95. The Bertz CT molecular complexity index is 648. The van der Waals surface area contributed by atoms with E-state index in [-0.39, 0.29) is 0 Å². The van der Waals surface area contributed by atoms with Gasteiger partial charge in [0, 0.05) is 12.1 Å². The number of unbranched alkanes of at least 4 members (excludes halogenated alkanes) is 2. The summed E-state index contributed by atoms with van der Waals surface area (Å²) < 4.78 is 0. The second-order valence-corrected chi connectivity index (χ2v) is 8.93. The van der Waals surface area contributed by atoms with E-state index in [4.69, 9.17) is 0 Å². The summed E-state index contributed by atoms with van der Waals surface area (Å²) in [6.45, 7) is 18.0. The van der Waals surface area contributed by atoms with Crippen LogP contribution in [0.25, 0.3) is 0 Å². The van der Waals surface area contributed by atoms with Gasteiger partial charge in [0.25, 0.3) is 0 Å². The first-order valence-corrected chi connectivity index (χ1v) is 12.6. The van der Waals surface area contributed by atoms with Crippen molar-refractivity contribution in [2.75, 3.05) is 26.2 Å². The molecule has 0 aliphatic rings. The van der Waals surface area contributed by atoms with E-state index in [9.17, 15) is 0 Å². The van der Waals surface area contributed by atoms with Crippen molar-refractivity contribution in [3.63, 3.8) is 0 Å². The number of hydrogen-bond acceptors (Lipinski definition) is 2. The van der Waals surface area contributed by atoms with Crippen molar-refractivity contribution in [3.05, 3.63) is 70.8 Å². The fourth-order valence-electron chi connectivity index (χ4n) is 4.88. The van der Waals surface area contributed by atoms with Gasteiger partial charge in [0.05, 0.1) is 0 Å². The molecule has 0 heterocycles. The van der Waals surface area contributed by atoms with Gasteiger partial charge < -0.3 is 0 Å². The highest BCUT2D eigenvalue weighted by molar-refractivity contribution is 5.25. The van der Waals surface area contributed by atoms with Crippen molar-refractivity contribution in [2.24, 2.45) is 0 Å². The van der Waals surface area contributed by atoms with Crippen molar-refractivity contribution in [2.45, 2.75) is 85.7 Å².